The van der Waals surface area contributed by atoms with Crippen molar-refractivity contribution in [3.63, 3.8) is 0 Å². The molecule has 0 amide bonds. The Kier molecular flexibility index (Phi) is 10.9. The second-order valence-corrected chi connectivity index (χ2v) is 9.77. The highest BCUT2D eigenvalue weighted by Crippen LogP contribution is 2.32. The summed E-state index contributed by atoms with van der Waals surface area (Å²) in [5, 5.41) is 15.7. The van der Waals surface area contributed by atoms with Crippen molar-refractivity contribution in [1.82, 2.24) is 9.78 Å². The summed E-state index contributed by atoms with van der Waals surface area (Å²) in [7, 11) is 1.37. The lowest BCUT2D eigenvalue weighted by molar-refractivity contribution is 0.0600. The van der Waals surface area contributed by atoms with Crippen LogP contribution in [0.4, 0.5) is 0 Å². The van der Waals surface area contributed by atoms with Gasteiger partial charge in [-0.1, -0.05) is 60.2 Å². The molecular formula is C30H34Cl2N2O3. The van der Waals surface area contributed by atoms with Gasteiger partial charge >= 0.3 is 5.97 Å². The molecule has 0 saturated carbocycles. The Labute approximate surface area is 229 Å². The fourth-order valence-electron chi connectivity index (χ4n) is 3.53. The van der Waals surface area contributed by atoms with Crippen molar-refractivity contribution < 1.29 is 14.6 Å². The summed E-state index contributed by atoms with van der Waals surface area (Å²) in [6.07, 6.45) is 5.68. The van der Waals surface area contributed by atoms with E-state index in [1.165, 1.54) is 7.11 Å². The molecule has 7 heteroatoms. The Bertz CT molecular complexity index is 1310. The third kappa shape index (κ3) is 7.93. The highest BCUT2D eigenvalue weighted by atomic mass is 35.5. The van der Waals surface area contributed by atoms with E-state index in [1.807, 2.05) is 56.3 Å². The van der Waals surface area contributed by atoms with Gasteiger partial charge in [-0.15, -0.1) is 18.2 Å². The fourth-order valence-corrected chi connectivity index (χ4v) is 4.06. The van der Waals surface area contributed by atoms with Gasteiger partial charge in [0.25, 0.3) is 0 Å². The first-order chi connectivity index (χ1) is 17.5. The van der Waals surface area contributed by atoms with Gasteiger partial charge in [0.1, 0.15) is 5.60 Å². The summed E-state index contributed by atoms with van der Waals surface area (Å²) in [4.78, 5) is 11.8. The monoisotopic (exact) mass is 540 g/mol. The molecule has 196 valence electrons. The highest BCUT2D eigenvalue weighted by Gasteiger charge is 2.24. The van der Waals surface area contributed by atoms with E-state index in [0.717, 1.165) is 27.9 Å². The molecule has 0 saturated heterocycles. The lowest BCUT2D eigenvalue weighted by atomic mass is 9.99. The smallest absolute Gasteiger partial charge is 0.337 e. The molecule has 0 bridgehead atoms. The summed E-state index contributed by atoms with van der Waals surface area (Å²) < 4.78 is 6.50. The van der Waals surface area contributed by atoms with Crippen LogP contribution in [0.5, 0.6) is 0 Å². The van der Waals surface area contributed by atoms with Crippen LogP contribution in [0, 0.1) is 6.92 Å². The van der Waals surface area contributed by atoms with Gasteiger partial charge < -0.3 is 9.84 Å². The molecule has 0 aliphatic rings. The minimum absolute atomic E-state index is 0.180. The molecule has 3 aromatic rings. The quantitative estimate of drug-likeness (QED) is 0.143. The lowest BCUT2D eigenvalue weighted by Crippen LogP contribution is -2.17. The zero-order valence-corrected chi connectivity index (χ0v) is 23.7. The van der Waals surface area contributed by atoms with Gasteiger partial charge in [-0.3, -0.25) is 0 Å². The number of ether oxygens (including phenoxy) is 1. The Morgan fingerprint density at radius 2 is 1.78 bits per heavy atom. The molecule has 37 heavy (non-hydrogen) atoms. The maximum atomic E-state index is 11.8. The van der Waals surface area contributed by atoms with E-state index in [-0.39, 0.29) is 11.8 Å². The standard InChI is InChI=1S/C27H28Cl2N2O3.C3H6/c1-17-13-20(10-9-19-7-6-8-21(14-19)26(32)34-5)11-12-22(17)23-15-25(27(3,4)33)30-31(23)24(16-28)18(2)29;1-3-2/h6-15,33H,16H2,1-5H3;3H,1H2,2H3/b10-9+,24-18-;. The topological polar surface area (TPSA) is 64.3 Å². The molecule has 0 fully saturated rings. The molecule has 3 rings (SSSR count). The normalized spacial score (nSPS) is 12.0. The van der Waals surface area contributed by atoms with Crippen molar-refractivity contribution in [2.75, 3.05) is 13.0 Å². The van der Waals surface area contributed by atoms with E-state index in [1.54, 1.807) is 43.7 Å². The number of hydrogen-bond donors (Lipinski definition) is 1. The molecule has 5 nitrogen and oxygen atoms in total. The number of aryl methyl sites for hydroxylation is 1. The van der Waals surface area contributed by atoms with E-state index < -0.39 is 5.60 Å². The van der Waals surface area contributed by atoms with Crippen LogP contribution in [0.1, 0.15) is 60.4 Å². The maximum absolute atomic E-state index is 11.8. The predicted molar refractivity (Wildman–Crippen MR) is 156 cm³/mol. The number of carbonyl (C=O) groups is 1. The van der Waals surface area contributed by atoms with E-state index in [9.17, 15) is 9.90 Å². The number of methoxy groups -OCH3 is 1. The molecule has 0 aliphatic carbocycles. The second kappa shape index (κ2) is 13.4. The SMILES string of the molecule is C=CC.COC(=O)c1cccc(/C=C/c2ccc(-c3cc(C(C)(C)O)nn3/C(CCl)=C(/C)Cl)c(C)c2)c1. The van der Waals surface area contributed by atoms with Crippen molar-refractivity contribution in [3.05, 3.63) is 94.2 Å². The summed E-state index contributed by atoms with van der Waals surface area (Å²) >= 11 is 12.5. The van der Waals surface area contributed by atoms with Crippen LogP contribution in [0.2, 0.25) is 0 Å². The first kappa shape index (κ1) is 30.1. The molecule has 0 radical (unpaired) electrons. The van der Waals surface area contributed by atoms with Crippen LogP contribution >= 0.6 is 23.2 Å². The first-order valence-corrected chi connectivity index (χ1v) is 12.7. The van der Waals surface area contributed by atoms with Crippen LogP contribution in [-0.2, 0) is 10.3 Å². The lowest BCUT2D eigenvalue weighted by Gasteiger charge is -2.14. The van der Waals surface area contributed by atoms with Crippen molar-refractivity contribution in [1.29, 1.82) is 0 Å². The average molecular weight is 542 g/mol. The van der Waals surface area contributed by atoms with Gasteiger partial charge in [0, 0.05) is 10.6 Å². The van der Waals surface area contributed by atoms with Crippen molar-refractivity contribution in [3.8, 4) is 11.3 Å². The molecule has 0 unspecified atom stereocenters. The van der Waals surface area contributed by atoms with Gasteiger partial charge in [-0.05, 0) is 69.5 Å². The van der Waals surface area contributed by atoms with E-state index in [2.05, 4.69) is 17.7 Å². The zero-order chi connectivity index (χ0) is 27.8. The van der Waals surface area contributed by atoms with Crippen LogP contribution < -0.4 is 0 Å². The average Bonchev–Trinajstić information content (AvgIpc) is 3.28. The van der Waals surface area contributed by atoms with E-state index in [4.69, 9.17) is 27.9 Å². The molecule has 0 spiro atoms. The number of allylic oxidation sites excluding steroid dienone is 3. The Balaban J connectivity index is 0.00000153. The van der Waals surface area contributed by atoms with E-state index in [0.29, 0.717) is 22.0 Å². The van der Waals surface area contributed by atoms with Gasteiger partial charge in [0.15, 0.2) is 0 Å². The van der Waals surface area contributed by atoms with Crippen LogP contribution in [0.3, 0.4) is 0 Å². The third-order valence-electron chi connectivity index (χ3n) is 5.42. The summed E-state index contributed by atoms with van der Waals surface area (Å²) in [6, 6.07) is 15.2. The van der Waals surface area contributed by atoms with Gasteiger partial charge in [0.05, 0.1) is 35.6 Å². The molecule has 1 N–H and O–H groups in total. The van der Waals surface area contributed by atoms with Crippen molar-refractivity contribution in [2.45, 2.75) is 40.2 Å². The summed E-state index contributed by atoms with van der Waals surface area (Å²) in [5.74, 6) is -0.185. The van der Waals surface area contributed by atoms with Crippen LogP contribution in [-0.4, -0.2) is 33.8 Å². The Morgan fingerprint density at radius 3 is 2.30 bits per heavy atom. The number of aromatic nitrogens is 2. The highest BCUT2D eigenvalue weighted by molar-refractivity contribution is 6.33. The number of esters is 1. The number of rotatable bonds is 7. The number of alkyl halides is 1. The summed E-state index contributed by atoms with van der Waals surface area (Å²) in [5.41, 5.74) is 5.24. The minimum Gasteiger partial charge on any atom is -0.465 e. The van der Waals surface area contributed by atoms with E-state index >= 15 is 0 Å². The summed E-state index contributed by atoms with van der Waals surface area (Å²) in [6.45, 7) is 12.4. The van der Waals surface area contributed by atoms with Gasteiger partial charge in [-0.2, -0.15) is 5.10 Å². The second-order valence-electron chi connectivity index (χ2n) is 8.93. The zero-order valence-electron chi connectivity index (χ0n) is 22.2. The largest absolute Gasteiger partial charge is 0.465 e. The molecule has 0 atom stereocenters. The van der Waals surface area contributed by atoms with Crippen LogP contribution in [0.15, 0.2) is 66.2 Å². The number of hydrogen-bond acceptors (Lipinski definition) is 4. The first-order valence-electron chi connectivity index (χ1n) is 11.8. The minimum atomic E-state index is -1.12. The molecular weight excluding hydrogens is 507 g/mol. The molecule has 0 aliphatic heterocycles. The van der Waals surface area contributed by atoms with Crippen molar-refractivity contribution >= 4 is 47.0 Å². The molecule has 2 aromatic carbocycles. The maximum Gasteiger partial charge on any atom is 0.337 e. The number of benzene rings is 2. The van der Waals surface area contributed by atoms with Crippen LogP contribution in [0.25, 0.3) is 29.1 Å². The molecule has 1 heterocycles. The predicted octanol–water partition coefficient (Wildman–Crippen LogP) is 7.90. The number of carbonyl (C=O) groups excluding carboxylic acids is 1. The number of halogens is 2. The fraction of sp³-hybridized carbons (Fsp3) is 0.267. The molecule has 1 aromatic heterocycles. The third-order valence-corrected chi connectivity index (χ3v) is 5.89. The van der Waals surface area contributed by atoms with Gasteiger partial charge in [0.2, 0.25) is 0 Å². The Hall–Kier alpha value is -3.12. The van der Waals surface area contributed by atoms with Gasteiger partial charge in [-0.25, -0.2) is 9.48 Å². The number of aliphatic hydroxyl groups is 1. The number of nitrogens with zero attached hydrogens (tertiary/aromatic N) is 2. The van der Waals surface area contributed by atoms with Crippen molar-refractivity contribution in [2.24, 2.45) is 0 Å². The Morgan fingerprint density at radius 1 is 1.16 bits per heavy atom.